The SMILES string of the molecule is Nc1c(Oc2ccc3c(c2)CCC3)cccc1S(N)(=O)=O. The zero-order valence-electron chi connectivity index (χ0n) is 11.4. The largest absolute Gasteiger partial charge is 0.455 e. The van der Waals surface area contributed by atoms with E-state index >= 15 is 0 Å². The second kappa shape index (κ2) is 5.05. The minimum absolute atomic E-state index is 0.0282. The van der Waals surface area contributed by atoms with Gasteiger partial charge in [0.25, 0.3) is 0 Å². The van der Waals surface area contributed by atoms with Crippen molar-refractivity contribution >= 4 is 15.7 Å². The highest BCUT2D eigenvalue weighted by Crippen LogP contribution is 2.34. The number of hydrogen-bond donors (Lipinski definition) is 2. The Kier molecular flexibility index (Phi) is 3.35. The van der Waals surface area contributed by atoms with Gasteiger partial charge in [-0.1, -0.05) is 12.1 Å². The van der Waals surface area contributed by atoms with Crippen LogP contribution in [0.5, 0.6) is 11.5 Å². The summed E-state index contributed by atoms with van der Waals surface area (Å²) in [6.45, 7) is 0. The monoisotopic (exact) mass is 304 g/mol. The highest BCUT2D eigenvalue weighted by atomic mass is 32.2. The van der Waals surface area contributed by atoms with E-state index in [0.29, 0.717) is 11.5 Å². The molecule has 0 atom stereocenters. The van der Waals surface area contributed by atoms with Crippen LogP contribution in [-0.4, -0.2) is 8.42 Å². The number of ether oxygens (including phenoxy) is 1. The Bertz CT molecular complexity index is 801. The molecule has 1 aliphatic rings. The molecular formula is C15H16N2O3S. The van der Waals surface area contributed by atoms with Crippen molar-refractivity contribution in [2.24, 2.45) is 5.14 Å². The number of para-hydroxylation sites is 1. The van der Waals surface area contributed by atoms with Gasteiger partial charge in [0.15, 0.2) is 5.75 Å². The molecule has 110 valence electrons. The van der Waals surface area contributed by atoms with Crippen LogP contribution >= 0.6 is 0 Å². The Morgan fingerprint density at radius 3 is 2.57 bits per heavy atom. The molecule has 0 spiro atoms. The number of aryl methyl sites for hydroxylation is 2. The average Bonchev–Trinajstić information content (AvgIpc) is 2.87. The summed E-state index contributed by atoms with van der Waals surface area (Å²) in [5.74, 6) is 0.938. The van der Waals surface area contributed by atoms with Gasteiger partial charge >= 0.3 is 0 Å². The Balaban J connectivity index is 1.95. The minimum atomic E-state index is -3.86. The first kappa shape index (κ1) is 13.9. The van der Waals surface area contributed by atoms with Crippen molar-refractivity contribution in [2.45, 2.75) is 24.2 Å². The molecule has 4 N–H and O–H groups in total. The van der Waals surface area contributed by atoms with Crippen molar-refractivity contribution in [3.63, 3.8) is 0 Å². The third kappa shape index (κ3) is 2.72. The van der Waals surface area contributed by atoms with Crippen LogP contribution in [0.4, 0.5) is 5.69 Å². The molecule has 0 saturated carbocycles. The van der Waals surface area contributed by atoms with E-state index in [1.165, 1.54) is 17.2 Å². The summed E-state index contributed by atoms with van der Waals surface area (Å²) < 4.78 is 28.6. The lowest BCUT2D eigenvalue weighted by Crippen LogP contribution is -2.14. The lowest BCUT2D eigenvalue weighted by molar-refractivity contribution is 0.483. The molecule has 5 nitrogen and oxygen atoms in total. The van der Waals surface area contributed by atoms with Crippen molar-refractivity contribution in [1.29, 1.82) is 0 Å². The van der Waals surface area contributed by atoms with Gasteiger partial charge in [0.1, 0.15) is 10.6 Å². The predicted octanol–water partition coefficient (Wildman–Crippen LogP) is 2.20. The van der Waals surface area contributed by atoms with Gasteiger partial charge in [0, 0.05) is 0 Å². The highest BCUT2D eigenvalue weighted by Gasteiger charge is 2.17. The van der Waals surface area contributed by atoms with Gasteiger partial charge in [-0.2, -0.15) is 0 Å². The van der Waals surface area contributed by atoms with E-state index in [2.05, 4.69) is 0 Å². The lowest BCUT2D eigenvalue weighted by Gasteiger charge is -2.12. The number of benzene rings is 2. The molecule has 21 heavy (non-hydrogen) atoms. The number of rotatable bonds is 3. The fraction of sp³-hybridized carbons (Fsp3) is 0.200. The van der Waals surface area contributed by atoms with E-state index in [-0.39, 0.29) is 10.6 Å². The van der Waals surface area contributed by atoms with E-state index in [1.807, 2.05) is 18.2 Å². The fourth-order valence-electron chi connectivity index (χ4n) is 2.60. The summed E-state index contributed by atoms with van der Waals surface area (Å²) in [5.41, 5.74) is 8.49. The zero-order valence-corrected chi connectivity index (χ0v) is 12.2. The molecule has 2 aromatic rings. The first-order chi connectivity index (χ1) is 9.95. The van der Waals surface area contributed by atoms with Crippen molar-refractivity contribution < 1.29 is 13.2 Å². The van der Waals surface area contributed by atoms with E-state index in [0.717, 1.165) is 19.3 Å². The lowest BCUT2D eigenvalue weighted by atomic mass is 10.1. The normalized spacial score (nSPS) is 14.0. The molecule has 2 aromatic carbocycles. The minimum Gasteiger partial charge on any atom is -0.455 e. The number of primary sulfonamides is 1. The van der Waals surface area contributed by atoms with E-state index in [9.17, 15) is 8.42 Å². The summed E-state index contributed by atoms with van der Waals surface area (Å²) in [6.07, 6.45) is 3.29. The summed E-state index contributed by atoms with van der Waals surface area (Å²) in [4.78, 5) is -0.124. The molecule has 0 bridgehead atoms. The molecule has 0 saturated heterocycles. The molecule has 0 fully saturated rings. The Morgan fingerprint density at radius 2 is 1.81 bits per heavy atom. The molecule has 6 heteroatoms. The summed E-state index contributed by atoms with van der Waals surface area (Å²) >= 11 is 0. The summed E-state index contributed by atoms with van der Waals surface area (Å²) in [6, 6.07) is 10.4. The van der Waals surface area contributed by atoms with Gasteiger partial charge in [-0.25, -0.2) is 13.6 Å². The number of sulfonamides is 1. The van der Waals surface area contributed by atoms with Crippen LogP contribution in [0, 0.1) is 0 Å². The van der Waals surface area contributed by atoms with Gasteiger partial charge in [-0.05, 0) is 54.7 Å². The van der Waals surface area contributed by atoms with Crippen LogP contribution in [0.3, 0.4) is 0 Å². The number of anilines is 1. The molecule has 1 aliphatic carbocycles. The molecule has 0 aromatic heterocycles. The van der Waals surface area contributed by atoms with Gasteiger partial charge in [0.2, 0.25) is 10.0 Å². The Morgan fingerprint density at radius 1 is 1.05 bits per heavy atom. The molecular weight excluding hydrogens is 288 g/mol. The number of fused-ring (bicyclic) bond motifs is 1. The highest BCUT2D eigenvalue weighted by molar-refractivity contribution is 7.89. The predicted molar refractivity (Wildman–Crippen MR) is 80.8 cm³/mol. The maximum atomic E-state index is 11.5. The molecule has 0 heterocycles. The van der Waals surface area contributed by atoms with Crippen molar-refractivity contribution in [2.75, 3.05) is 5.73 Å². The second-order valence-corrected chi connectivity index (χ2v) is 6.63. The van der Waals surface area contributed by atoms with Crippen LogP contribution in [0.25, 0.3) is 0 Å². The fourth-order valence-corrected chi connectivity index (χ4v) is 3.28. The average molecular weight is 304 g/mol. The van der Waals surface area contributed by atoms with E-state index < -0.39 is 10.0 Å². The van der Waals surface area contributed by atoms with Crippen LogP contribution in [0.2, 0.25) is 0 Å². The van der Waals surface area contributed by atoms with Crippen LogP contribution in [-0.2, 0) is 22.9 Å². The number of nitrogens with two attached hydrogens (primary N) is 2. The first-order valence-corrected chi connectivity index (χ1v) is 8.21. The van der Waals surface area contributed by atoms with Crippen LogP contribution in [0.1, 0.15) is 17.5 Å². The maximum absolute atomic E-state index is 11.5. The van der Waals surface area contributed by atoms with E-state index in [1.54, 1.807) is 12.1 Å². The molecule has 0 unspecified atom stereocenters. The Hall–Kier alpha value is -2.05. The topological polar surface area (TPSA) is 95.4 Å². The van der Waals surface area contributed by atoms with Gasteiger partial charge < -0.3 is 10.5 Å². The smallest absolute Gasteiger partial charge is 0.240 e. The van der Waals surface area contributed by atoms with Gasteiger partial charge in [-0.15, -0.1) is 0 Å². The standard InChI is InChI=1S/C15H16N2O3S/c16-15-13(5-2-6-14(15)21(17,18)19)20-12-8-7-10-3-1-4-11(10)9-12/h2,5-9H,1,3-4,16H2,(H2,17,18,19). The summed E-state index contributed by atoms with van der Waals surface area (Å²) in [7, 11) is -3.86. The van der Waals surface area contributed by atoms with Crippen molar-refractivity contribution in [1.82, 2.24) is 0 Å². The first-order valence-electron chi connectivity index (χ1n) is 6.66. The summed E-state index contributed by atoms with van der Waals surface area (Å²) in [5, 5.41) is 5.13. The zero-order chi connectivity index (χ0) is 15.0. The third-order valence-corrected chi connectivity index (χ3v) is 4.60. The van der Waals surface area contributed by atoms with Crippen LogP contribution < -0.4 is 15.6 Å². The van der Waals surface area contributed by atoms with Crippen molar-refractivity contribution in [3.8, 4) is 11.5 Å². The molecule has 0 amide bonds. The Labute approximate surface area is 123 Å². The second-order valence-electron chi connectivity index (χ2n) is 5.10. The molecule has 3 rings (SSSR count). The van der Waals surface area contributed by atoms with E-state index in [4.69, 9.17) is 15.6 Å². The van der Waals surface area contributed by atoms with Crippen molar-refractivity contribution in [3.05, 3.63) is 47.5 Å². The van der Waals surface area contributed by atoms with Gasteiger partial charge in [0.05, 0.1) is 5.69 Å². The molecule has 0 radical (unpaired) electrons. The molecule has 0 aliphatic heterocycles. The maximum Gasteiger partial charge on any atom is 0.240 e. The quantitative estimate of drug-likeness (QED) is 0.850. The third-order valence-electron chi connectivity index (χ3n) is 3.63. The number of nitrogen functional groups attached to an aromatic ring is 1. The number of hydrogen-bond acceptors (Lipinski definition) is 4. The van der Waals surface area contributed by atoms with Crippen LogP contribution in [0.15, 0.2) is 41.3 Å². The van der Waals surface area contributed by atoms with Gasteiger partial charge in [-0.3, -0.25) is 0 Å².